The third-order valence-corrected chi connectivity index (χ3v) is 5.42. The Hall–Kier alpha value is -3.91. The van der Waals surface area contributed by atoms with Crippen molar-refractivity contribution in [3.63, 3.8) is 0 Å². The first kappa shape index (κ1) is 24.7. The molecule has 0 aliphatic carbocycles. The summed E-state index contributed by atoms with van der Waals surface area (Å²) in [6, 6.07) is 16.8. The van der Waals surface area contributed by atoms with Crippen LogP contribution in [0.2, 0.25) is 0 Å². The van der Waals surface area contributed by atoms with E-state index in [1.54, 1.807) is 24.3 Å². The number of carboxylic acid groups (broad SMARTS) is 1. The molecule has 3 aromatic carbocycles. The fourth-order valence-electron chi connectivity index (χ4n) is 2.91. The Balaban J connectivity index is 1.78. The van der Waals surface area contributed by atoms with Gasteiger partial charge in [-0.2, -0.15) is 5.26 Å². The van der Waals surface area contributed by atoms with Crippen LogP contribution in [0.3, 0.4) is 0 Å². The summed E-state index contributed by atoms with van der Waals surface area (Å²) in [7, 11) is 1.47. The van der Waals surface area contributed by atoms with Crippen molar-refractivity contribution in [1.29, 1.82) is 5.26 Å². The van der Waals surface area contributed by atoms with Gasteiger partial charge >= 0.3 is 5.97 Å². The fourth-order valence-corrected chi connectivity index (χ4v) is 3.69. The van der Waals surface area contributed by atoms with E-state index in [2.05, 4.69) is 27.9 Å². The molecule has 7 nitrogen and oxygen atoms in total. The van der Waals surface area contributed by atoms with Gasteiger partial charge in [-0.3, -0.25) is 4.79 Å². The van der Waals surface area contributed by atoms with Crippen LogP contribution >= 0.6 is 22.6 Å². The van der Waals surface area contributed by atoms with E-state index < -0.39 is 11.9 Å². The Kier molecular flexibility index (Phi) is 8.21. The standard InChI is InChI=1S/C25H18FIN2O5/c1-33-22-12-16(11-21(27)23(22)34-14-15-2-6-19(26)7-3-15)10-18(13-28)24(30)29-20-8-4-17(5-9-20)25(31)32/h2-12H,14H2,1H3,(H,29,30)(H,31,32)/b18-10+. The third-order valence-electron chi connectivity index (χ3n) is 4.61. The molecular weight excluding hydrogens is 554 g/mol. The van der Waals surface area contributed by atoms with E-state index in [1.807, 2.05) is 6.07 Å². The molecule has 0 unspecified atom stereocenters. The normalized spacial score (nSPS) is 10.8. The first-order valence-corrected chi connectivity index (χ1v) is 10.9. The minimum absolute atomic E-state index is 0.0810. The van der Waals surface area contributed by atoms with Crippen LogP contribution in [0.4, 0.5) is 10.1 Å². The molecule has 0 radical (unpaired) electrons. The zero-order valence-corrected chi connectivity index (χ0v) is 20.0. The van der Waals surface area contributed by atoms with E-state index in [0.29, 0.717) is 26.3 Å². The Morgan fingerprint density at radius 3 is 2.41 bits per heavy atom. The summed E-state index contributed by atoms with van der Waals surface area (Å²) in [5.41, 5.74) is 1.61. The summed E-state index contributed by atoms with van der Waals surface area (Å²) in [6.45, 7) is 0.203. The second-order valence-corrected chi connectivity index (χ2v) is 8.12. The van der Waals surface area contributed by atoms with Crippen molar-refractivity contribution in [3.8, 4) is 17.6 Å². The lowest BCUT2D eigenvalue weighted by Gasteiger charge is -2.14. The summed E-state index contributed by atoms with van der Waals surface area (Å²) in [5.74, 6) is -1.17. The molecule has 0 aromatic heterocycles. The quantitative estimate of drug-likeness (QED) is 0.217. The van der Waals surface area contributed by atoms with Gasteiger partial charge in [-0.1, -0.05) is 12.1 Å². The molecule has 0 aliphatic heterocycles. The smallest absolute Gasteiger partial charge is 0.335 e. The predicted molar refractivity (Wildman–Crippen MR) is 132 cm³/mol. The lowest BCUT2D eigenvalue weighted by atomic mass is 10.1. The minimum Gasteiger partial charge on any atom is -0.493 e. The highest BCUT2D eigenvalue weighted by molar-refractivity contribution is 14.1. The zero-order valence-electron chi connectivity index (χ0n) is 17.8. The number of nitrogens with zero attached hydrogens (tertiary/aromatic N) is 1. The lowest BCUT2D eigenvalue weighted by Crippen LogP contribution is -2.13. The number of amides is 1. The number of rotatable bonds is 8. The van der Waals surface area contributed by atoms with Gasteiger partial charge in [-0.05, 0) is 88.3 Å². The van der Waals surface area contributed by atoms with Gasteiger partial charge in [0.1, 0.15) is 24.1 Å². The number of carbonyl (C=O) groups excluding carboxylic acids is 1. The minimum atomic E-state index is -1.08. The summed E-state index contributed by atoms with van der Waals surface area (Å²) in [5, 5.41) is 21.0. The van der Waals surface area contributed by atoms with Gasteiger partial charge in [0.15, 0.2) is 11.5 Å². The number of nitrogens with one attached hydrogen (secondary N) is 1. The highest BCUT2D eigenvalue weighted by Crippen LogP contribution is 2.35. The Bertz CT molecular complexity index is 1280. The van der Waals surface area contributed by atoms with Gasteiger partial charge in [0.2, 0.25) is 0 Å². The number of ether oxygens (including phenoxy) is 2. The van der Waals surface area contributed by atoms with Gasteiger partial charge in [-0.25, -0.2) is 9.18 Å². The van der Waals surface area contributed by atoms with E-state index in [4.69, 9.17) is 14.6 Å². The van der Waals surface area contributed by atoms with Gasteiger partial charge in [0, 0.05) is 5.69 Å². The van der Waals surface area contributed by atoms with Crippen LogP contribution in [0, 0.1) is 20.7 Å². The first-order chi connectivity index (χ1) is 16.3. The van der Waals surface area contributed by atoms with Crippen LogP contribution < -0.4 is 14.8 Å². The molecule has 0 spiro atoms. The molecule has 0 saturated heterocycles. The molecule has 3 rings (SSSR count). The van der Waals surface area contributed by atoms with Crippen LogP contribution in [0.1, 0.15) is 21.5 Å². The molecule has 1 amide bonds. The van der Waals surface area contributed by atoms with E-state index in [1.165, 1.54) is 49.6 Å². The van der Waals surface area contributed by atoms with Crippen molar-refractivity contribution in [2.75, 3.05) is 12.4 Å². The lowest BCUT2D eigenvalue weighted by molar-refractivity contribution is -0.112. The number of aromatic carboxylic acids is 1. The Morgan fingerprint density at radius 2 is 1.82 bits per heavy atom. The van der Waals surface area contributed by atoms with Crippen LogP contribution in [0.15, 0.2) is 66.2 Å². The summed E-state index contributed by atoms with van der Waals surface area (Å²) in [4.78, 5) is 23.5. The molecule has 0 fully saturated rings. The van der Waals surface area contributed by atoms with Crippen LogP contribution in [-0.4, -0.2) is 24.1 Å². The second-order valence-electron chi connectivity index (χ2n) is 6.96. The van der Waals surface area contributed by atoms with Crippen molar-refractivity contribution in [1.82, 2.24) is 0 Å². The van der Waals surface area contributed by atoms with Crippen LogP contribution in [0.25, 0.3) is 6.08 Å². The summed E-state index contributed by atoms with van der Waals surface area (Å²) >= 11 is 2.06. The van der Waals surface area contributed by atoms with Crippen molar-refractivity contribution >= 4 is 46.2 Å². The number of carbonyl (C=O) groups is 2. The monoisotopic (exact) mass is 572 g/mol. The molecule has 0 heterocycles. The number of anilines is 1. The molecule has 0 bridgehead atoms. The maximum atomic E-state index is 13.1. The summed E-state index contributed by atoms with van der Waals surface area (Å²) < 4.78 is 25.1. The number of nitriles is 1. The number of carboxylic acids is 1. The molecule has 34 heavy (non-hydrogen) atoms. The highest BCUT2D eigenvalue weighted by Gasteiger charge is 2.15. The number of hydrogen-bond acceptors (Lipinski definition) is 5. The number of benzene rings is 3. The number of halogens is 2. The SMILES string of the molecule is COc1cc(/C=C(\C#N)C(=O)Nc2ccc(C(=O)O)cc2)cc(I)c1OCc1ccc(F)cc1. The molecule has 9 heteroatoms. The van der Waals surface area contributed by atoms with E-state index in [-0.39, 0.29) is 23.6 Å². The van der Waals surface area contributed by atoms with Crippen molar-refractivity contribution in [2.24, 2.45) is 0 Å². The fraction of sp³-hybridized carbons (Fsp3) is 0.0800. The summed E-state index contributed by atoms with van der Waals surface area (Å²) in [6.07, 6.45) is 1.41. The molecular formula is C25H18FIN2O5. The Labute approximate surface area is 208 Å². The van der Waals surface area contributed by atoms with Gasteiger partial charge < -0.3 is 19.9 Å². The third kappa shape index (κ3) is 6.32. The molecule has 2 N–H and O–H groups in total. The maximum Gasteiger partial charge on any atom is 0.335 e. The number of hydrogen-bond donors (Lipinski definition) is 2. The maximum absolute atomic E-state index is 13.1. The highest BCUT2D eigenvalue weighted by atomic mass is 127. The second kappa shape index (κ2) is 11.3. The Morgan fingerprint density at radius 1 is 1.15 bits per heavy atom. The largest absolute Gasteiger partial charge is 0.493 e. The van der Waals surface area contributed by atoms with Gasteiger partial charge in [-0.15, -0.1) is 0 Å². The molecule has 0 aliphatic rings. The van der Waals surface area contributed by atoms with Crippen molar-refractivity contribution in [2.45, 2.75) is 6.61 Å². The van der Waals surface area contributed by atoms with E-state index >= 15 is 0 Å². The molecule has 0 atom stereocenters. The van der Waals surface area contributed by atoms with E-state index in [9.17, 15) is 19.2 Å². The zero-order chi connectivity index (χ0) is 24.7. The number of methoxy groups -OCH3 is 1. The average molecular weight is 572 g/mol. The molecule has 3 aromatic rings. The predicted octanol–water partition coefficient (Wildman–Crippen LogP) is 5.26. The molecule has 0 saturated carbocycles. The molecule has 172 valence electrons. The van der Waals surface area contributed by atoms with Gasteiger partial charge in [0.25, 0.3) is 5.91 Å². The van der Waals surface area contributed by atoms with Crippen LogP contribution in [-0.2, 0) is 11.4 Å². The average Bonchev–Trinajstić information content (AvgIpc) is 2.82. The first-order valence-electron chi connectivity index (χ1n) is 9.82. The topological polar surface area (TPSA) is 109 Å². The van der Waals surface area contributed by atoms with Crippen molar-refractivity contribution < 1.29 is 28.6 Å². The van der Waals surface area contributed by atoms with E-state index in [0.717, 1.165) is 5.56 Å². The van der Waals surface area contributed by atoms with Gasteiger partial charge in [0.05, 0.1) is 16.2 Å². The van der Waals surface area contributed by atoms with Crippen LogP contribution in [0.5, 0.6) is 11.5 Å². The van der Waals surface area contributed by atoms with Crippen molar-refractivity contribution in [3.05, 3.63) is 92.3 Å².